The van der Waals surface area contributed by atoms with E-state index in [4.69, 9.17) is 9.15 Å². The first-order valence-electron chi connectivity index (χ1n) is 8.23. The van der Waals surface area contributed by atoms with Crippen molar-refractivity contribution in [2.45, 2.75) is 40.2 Å². The quantitative estimate of drug-likeness (QED) is 0.648. The maximum Gasteiger partial charge on any atom is 0.340 e. The van der Waals surface area contributed by atoms with Crippen LogP contribution in [0.2, 0.25) is 0 Å². The highest BCUT2D eigenvalue weighted by Crippen LogP contribution is 2.32. The monoisotopic (exact) mass is 322 g/mol. The average molecular weight is 322 g/mol. The van der Waals surface area contributed by atoms with Gasteiger partial charge in [0, 0.05) is 12.0 Å². The van der Waals surface area contributed by atoms with Crippen molar-refractivity contribution >= 4 is 11.0 Å². The van der Waals surface area contributed by atoms with E-state index in [-0.39, 0.29) is 11.7 Å². The fourth-order valence-electron chi connectivity index (χ4n) is 2.99. The van der Waals surface area contributed by atoms with Crippen LogP contribution in [0.5, 0.6) is 5.75 Å². The van der Waals surface area contributed by atoms with Crippen LogP contribution in [0.4, 0.5) is 0 Å². The molecule has 0 bridgehead atoms. The number of benzene rings is 2. The Morgan fingerprint density at radius 1 is 1.08 bits per heavy atom. The third-order valence-electron chi connectivity index (χ3n) is 4.07. The highest BCUT2D eigenvalue weighted by molar-refractivity contribution is 5.88. The van der Waals surface area contributed by atoms with Gasteiger partial charge < -0.3 is 9.15 Å². The van der Waals surface area contributed by atoms with Crippen LogP contribution in [-0.4, -0.2) is 6.10 Å². The molecule has 0 N–H and O–H groups in total. The summed E-state index contributed by atoms with van der Waals surface area (Å²) in [7, 11) is 0. The topological polar surface area (TPSA) is 39.4 Å². The Morgan fingerprint density at radius 2 is 1.79 bits per heavy atom. The van der Waals surface area contributed by atoms with Crippen molar-refractivity contribution in [3.8, 4) is 5.75 Å². The van der Waals surface area contributed by atoms with E-state index < -0.39 is 0 Å². The molecular weight excluding hydrogens is 300 g/mol. The van der Waals surface area contributed by atoms with E-state index in [1.165, 1.54) is 0 Å². The number of ether oxygens (including phenoxy) is 1. The fraction of sp³-hybridized carbons (Fsp3) is 0.286. The van der Waals surface area contributed by atoms with E-state index in [0.717, 1.165) is 27.8 Å². The summed E-state index contributed by atoms with van der Waals surface area (Å²) in [5, 5.41) is 0.889. The summed E-state index contributed by atoms with van der Waals surface area (Å²) in [6.45, 7) is 7.93. The molecule has 0 unspecified atom stereocenters. The van der Waals surface area contributed by atoms with Crippen LogP contribution in [0.25, 0.3) is 11.0 Å². The molecule has 24 heavy (non-hydrogen) atoms. The van der Waals surface area contributed by atoms with Gasteiger partial charge in [0.25, 0.3) is 0 Å². The van der Waals surface area contributed by atoms with Gasteiger partial charge in [0.05, 0.1) is 11.5 Å². The van der Waals surface area contributed by atoms with Gasteiger partial charge in [0.15, 0.2) is 0 Å². The van der Waals surface area contributed by atoms with Crippen molar-refractivity contribution < 1.29 is 9.15 Å². The molecule has 1 heterocycles. The highest BCUT2D eigenvalue weighted by Gasteiger charge is 2.16. The van der Waals surface area contributed by atoms with Crippen molar-refractivity contribution in [3.63, 3.8) is 0 Å². The minimum atomic E-state index is -0.273. The molecule has 0 radical (unpaired) electrons. The second-order valence-corrected chi connectivity index (χ2v) is 6.46. The van der Waals surface area contributed by atoms with E-state index in [1.807, 2.05) is 70.2 Å². The molecule has 0 saturated carbocycles. The van der Waals surface area contributed by atoms with Gasteiger partial charge in [-0.25, -0.2) is 4.79 Å². The lowest BCUT2D eigenvalue weighted by Crippen LogP contribution is -2.12. The molecule has 0 aliphatic rings. The average Bonchev–Trinajstić information content (AvgIpc) is 2.51. The van der Waals surface area contributed by atoms with E-state index >= 15 is 0 Å². The Hall–Kier alpha value is -2.55. The van der Waals surface area contributed by atoms with Crippen LogP contribution >= 0.6 is 0 Å². The molecular formula is C21H22O3. The molecule has 1 aromatic heterocycles. The summed E-state index contributed by atoms with van der Waals surface area (Å²) in [6.07, 6.45) is 0.610. The number of hydrogen-bond donors (Lipinski definition) is 0. The van der Waals surface area contributed by atoms with E-state index in [9.17, 15) is 4.79 Å². The molecule has 0 atom stereocenters. The van der Waals surface area contributed by atoms with Gasteiger partial charge in [-0.2, -0.15) is 0 Å². The summed E-state index contributed by atoms with van der Waals surface area (Å²) in [5.74, 6) is 0.774. The summed E-state index contributed by atoms with van der Waals surface area (Å²) < 4.78 is 11.6. The van der Waals surface area contributed by atoms with Gasteiger partial charge in [0.2, 0.25) is 0 Å². The summed E-state index contributed by atoms with van der Waals surface area (Å²) in [6, 6.07) is 13.9. The second kappa shape index (κ2) is 6.52. The maximum absolute atomic E-state index is 12.5. The molecule has 0 saturated heterocycles. The predicted octanol–water partition coefficient (Wildman–Crippen LogP) is 4.79. The zero-order chi connectivity index (χ0) is 17.3. The van der Waals surface area contributed by atoms with Gasteiger partial charge in [0.1, 0.15) is 11.3 Å². The fourth-order valence-corrected chi connectivity index (χ4v) is 2.99. The molecule has 0 aliphatic heterocycles. The number of hydrogen-bond acceptors (Lipinski definition) is 3. The van der Waals surface area contributed by atoms with Crippen molar-refractivity contribution in [2.24, 2.45) is 0 Å². The van der Waals surface area contributed by atoms with Crippen LogP contribution in [-0.2, 0) is 6.42 Å². The van der Waals surface area contributed by atoms with Gasteiger partial charge >= 0.3 is 5.63 Å². The lowest BCUT2D eigenvalue weighted by atomic mass is 9.98. The first-order valence-corrected chi connectivity index (χ1v) is 8.23. The van der Waals surface area contributed by atoms with Gasteiger partial charge in [-0.05, 0) is 56.5 Å². The van der Waals surface area contributed by atoms with Gasteiger partial charge in [-0.3, -0.25) is 0 Å². The molecule has 124 valence electrons. The molecule has 0 spiro atoms. The number of fused-ring (bicyclic) bond motifs is 1. The SMILES string of the molecule is Cc1cc(OC(C)C)c2c(C)c(Cc3ccccc3)c(=O)oc2c1. The molecule has 0 aliphatic carbocycles. The molecule has 0 amide bonds. The third-order valence-corrected chi connectivity index (χ3v) is 4.07. The van der Waals surface area contributed by atoms with E-state index in [1.54, 1.807) is 0 Å². The van der Waals surface area contributed by atoms with Crippen LogP contribution in [0.3, 0.4) is 0 Å². The smallest absolute Gasteiger partial charge is 0.340 e. The minimum absolute atomic E-state index is 0.0545. The highest BCUT2D eigenvalue weighted by atomic mass is 16.5. The Balaban J connectivity index is 2.21. The summed E-state index contributed by atoms with van der Waals surface area (Å²) >= 11 is 0. The molecule has 3 nitrogen and oxygen atoms in total. The zero-order valence-electron chi connectivity index (χ0n) is 14.6. The lowest BCUT2D eigenvalue weighted by molar-refractivity contribution is 0.245. The first-order chi connectivity index (χ1) is 11.5. The Labute approximate surface area is 141 Å². The van der Waals surface area contributed by atoms with Crippen LogP contribution in [0, 0.1) is 13.8 Å². The molecule has 0 fully saturated rings. The van der Waals surface area contributed by atoms with Gasteiger partial charge in [-0.1, -0.05) is 30.3 Å². The summed E-state index contributed by atoms with van der Waals surface area (Å²) in [4.78, 5) is 12.5. The Morgan fingerprint density at radius 3 is 2.46 bits per heavy atom. The van der Waals surface area contributed by atoms with Gasteiger partial charge in [-0.15, -0.1) is 0 Å². The molecule has 3 aromatic rings. The Bertz CT molecular complexity index is 921. The lowest BCUT2D eigenvalue weighted by Gasteiger charge is -2.16. The van der Waals surface area contributed by atoms with Crippen LogP contribution in [0.1, 0.15) is 36.1 Å². The first kappa shape index (κ1) is 16.3. The Kier molecular flexibility index (Phi) is 4.43. The number of rotatable bonds is 4. The minimum Gasteiger partial charge on any atom is -0.490 e. The summed E-state index contributed by atoms with van der Waals surface area (Å²) in [5.41, 5.74) is 4.03. The normalized spacial score (nSPS) is 11.2. The van der Waals surface area contributed by atoms with Crippen molar-refractivity contribution in [1.29, 1.82) is 0 Å². The molecule has 3 heteroatoms. The maximum atomic E-state index is 12.5. The zero-order valence-corrected chi connectivity index (χ0v) is 14.6. The third kappa shape index (κ3) is 3.21. The van der Waals surface area contributed by atoms with Crippen LogP contribution < -0.4 is 10.4 Å². The van der Waals surface area contributed by atoms with Crippen molar-refractivity contribution in [2.75, 3.05) is 0 Å². The van der Waals surface area contributed by atoms with Crippen molar-refractivity contribution in [1.82, 2.24) is 0 Å². The predicted molar refractivity (Wildman–Crippen MR) is 97.0 cm³/mol. The van der Waals surface area contributed by atoms with Crippen molar-refractivity contribution in [3.05, 3.63) is 75.1 Å². The van der Waals surface area contributed by atoms with E-state index in [0.29, 0.717) is 17.6 Å². The molecule has 3 rings (SSSR count). The standard InChI is InChI=1S/C21H22O3/c1-13(2)23-18-10-14(3)11-19-20(18)15(4)17(21(22)24-19)12-16-8-6-5-7-9-16/h5-11,13H,12H2,1-4H3. The second-order valence-electron chi connectivity index (χ2n) is 6.46. The largest absolute Gasteiger partial charge is 0.490 e. The van der Waals surface area contributed by atoms with E-state index in [2.05, 4.69) is 0 Å². The van der Waals surface area contributed by atoms with Crippen LogP contribution in [0.15, 0.2) is 51.7 Å². The number of aryl methyl sites for hydroxylation is 2. The molecule has 2 aromatic carbocycles.